The molecule has 2 amide bonds. The molecule has 0 fully saturated rings. The number of benzene rings is 3. The third-order valence-electron chi connectivity index (χ3n) is 7.36. The largest absolute Gasteiger partial charge is 0.493 e. The Labute approximate surface area is 264 Å². The predicted molar refractivity (Wildman–Crippen MR) is 174 cm³/mol. The second-order valence-corrected chi connectivity index (χ2v) is 10.9. The zero-order chi connectivity index (χ0) is 32.2. The summed E-state index contributed by atoms with van der Waals surface area (Å²) in [5.74, 6) is 1.37. The number of hydrogen-bond donors (Lipinski definition) is 5. The van der Waals surface area contributed by atoms with Gasteiger partial charge in [-0.25, -0.2) is 4.98 Å². The first-order chi connectivity index (χ1) is 21.7. The fourth-order valence-corrected chi connectivity index (χ4v) is 4.83. The normalized spacial score (nSPS) is 12.2. The van der Waals surface area contributed by atoms with Crippen LogP contribution in [0.4, 0.5) is 5.82 Å². The van der Waals surface area contributed by atoms with Gasteiger partial charge in [-0.1, -0.05) is 48.5 Å². The van der Waals surface area contributed by atoms with Crippen LogP contribution in [-0.2, 0) is 30.7 Å². The first kappa shape index (κ1) is 33.0. The summed E-state index contributed by atoms with van der Waals surface area (Å²) in [5, 5.41) is 19.6. The number of aromatic nitrogens is 1. The van der Waals surface area contributed by atoms with E-state index in [-0.39, 0.29) is 24.3 Å². The molecule has 10 nitrogen and oxygen atoms in total. The van der Waals surface area contributed by atoms with Crippen LogP contribution < -0.4 is 31.2 Å². The lowest BCUT2D eigenvalue weighted by atomic mass is 10.0. The van der Waals surface area contributed by atoms with Gasteiger partial charge in [0.25, 0.3) is 5.91 Å². The lowest BCUT2D eigenvalue weighted by Gasteiger charge is -2.18. The van der Waals surface area contributed by atoms with Crippen LogP contribution in [0, 0.1) is 0 Å². The standard InChI is InChI=1S/C35H41N5O5/c1-23(37-22-30(41)29-12-14-33(36)38-21-29)15-25-5-4-6-26(16-25)18-34(42)39-19-24-7-10-28(11-8-24)35(43)40-20-27-9-13-31(44-2)32(17-27)45-3/h4-14,16-17,21,23,30,37,41H,15,18-20,22H2,1-3H3,(H2,36,38)(H,39,42)(H,40,43)/t23?,30-/m0/s1. The average molecular weight is 612 g/mol. The number of ether oxygens (including phenoxy) is 2. The van der Waals surface area contributed by atoms with E-state index in [1.165, 1.54) is 0 Å². The van der Waals surface area contributed by atoms with Gasteiger partial charge in [-0.05, 0) is 65.9 Å². The van der Waals surface area contributed by atoms with E-state index >= 15 is 0 Å². The molecule has 0 bridgehead atoms. The SMILES string of the molecule is COc1ccc(CNC(=O)c2ccc(CNC(=O)Cc3cccc(CC(C)NC[C@H](O)c4ccc(N)nc4)c3)cc2)cc1OC. The van der Waals surface area contributed by atoms with Gasteiger partial charge in [0.2, 0.25) is 5.91 Å². The molecule has 45 heavy (non-hydrogen) atoms. The monoisotopic (exact) mass is 611 g/mol. The third kappa shape index (κ3) is 10.1. The summed E-state index contributed by atoms with van der Waals surface area (Å²) in [4.78, 5) is 29.4. The topological polar surface area (TPSA) is 148 Å². The molecule has 1 heterocycles. The fraction of sp³-hybridized carbons (Fsp3) is 0.286. The van der Waals surface area contributed by atoms with Crippen molar-refractivity contribution in [3.05, 3.63) is 118 Å². The molecule has 0 saturated carbocycles. The molecule has 3 aromatic carbocycles. The lowest BCUT2D eigenvalue weighted by molar-refractivity contribution is -0.120. The molecule has 4 rings (SSSR count). The van der Waals surface area contributed by atoms with Crippen LogP contribution in [0.15, 0.2) is 85.1 Å². The number of anilines is 1. The summed E-state index contributed by atoms with van der Waals surface area (Å²) < 4.78 is 10.6. The highest BCUT2D eigenvalue weighted by molar-refractivity contribution is 5.94. The smallest absolute Gasteiger partial charge is 0.251 e. The summed E-state index contributed by atoms with van der Waals surface area (Å²) in [7, 11) is 3.15. The van der Waals surface area contributed by atoms with Crippen molar-refractivity contribution in [1.29, 1.82) is 0 Å². The van der Waals surface area contributed by atoms with Gasteiger partial charge in [0.1, 0.15) is 5.82 Å². The second-order valence-electron chi connectivity index (χ2n) is 10.9. The van der Waals surface area contributed by atoms with Crippen LogP contribution in [0.25, 0.3) is 0 Å². The highest BCUT2D eigenvalue weighted by Crippen LogP contribution is 2.27. The van der Waals surface area contributed by atoms with Crippen molar-refractivity contribution in [2.24, 2.45) is 0 Å². The van der Waals surface area contributed by atoms with Gasteiger partial charge in [0.15, 0.2) is 11.5 Å². The van der Waals surface area contributed by atoms with Crippen LogP contribution in [0.2, 0.25) is 0 Å². The number of nitrogens with two attached hydrogens (primary N) is 1. The van der Waals surface area contributed by atoms with E-state index in [1.807, 2.05) is 48.5 Å². The maximum absolute atomic E-state index is 12.7. The van der Waals surface area contributed by atoms with Crippen molar-refractivity contribution in [3.63, 3.8) is 0 Å². The van der Waals surface area contributed by atoms with E-state index in [1.54, 1.807) is 50.7 Å². The number of nitrogen functional groups attached to an aromatic ring is 1. The van der Waals surface area contributed by atoms with Crippen molar-refractivity contribution in [2.45, 2.75) is 45.0 Å². The van der Waals surface area contributed by atoms with Gasteiger partial charge in [-0.3, -0.25) is 9.59 Å². The molecule has 236 valence electrons. The van der Waals surface area contributed by atoms with Crippen molar-refractivity contribution >= 4 is 17.6 Å². The first-order valence-corrected chi connectivity index (χ1v) is 14.8. The molecule has 0 aliphatic carbocycles. The number of amides is 2. The number of carbonyl (C=O) groups excluding carboxylic acids is 2. The molecule has 6 N–H and O–H groups in total. The highest BCUT2D eigenvalue weighted by Gasteiger charge is 2.12. The minimum absolute atomic E-state index is 0.0877. The quantitative estimate of drug-likeness (QED) is 0.137. The Morgan fingerprint density at radius 2 is 1.56 bits per heavy atom. The number of hydrogen-bond acceptors (Lipinski definition) is 8. The van der Waals surface area contributed by atoms with Crippen LogP contribution in [0.3, 0.4) is 0 Å². The van der Waals surface area contributed by atoms with Gasteiger partial charge in [-0.15, -0.1) is 0 Å². The Morgan fingerprint density at radius 3 is 2.27 bits per heavy atom. The molecule has 0 saturated heterocycles. The maximum atomic E-state index is 12.7. The van der Waals surface area contributed by atoms with Crippen molar-refractivity contribution in [1.82, 2.24) is 20.9 Å². The summed E-state index contributed by atoms with van der Waals surface area (Å²) in [6.45, 7) is 3.15. The zero-order valence-corrected chi connectivity index (χ0v) is 25.9. The fourth-order valence-electron chi connectivity index (χ4n) is 4.83. The minimum Gasteiger partial charge on any atom is -0.493 e. The van der Waals surface area contributed by atoms with Gasteiger partial charge in [0.05, 0.1) is 26.7 Å². The number of aliphatic hydroxyl groups excluding tert-OH is 1. The van der Waals surface area contributed by atoms with Gasteiger partial charge in [0, 0.05) is 43.0 Å². The Bertz CT molecular complexity index is 1560. The average Bonchev–Trinajstić information content (AvgIpc) is 3.05. The molecule has 0 aliphatic rings. The molecule has 1 unspecified atom stereocenters. The van der Waals surface area contributed by atoms with Gasteiger partial charge < -0.3 is 36.3 Å². The van der Waals surface area contributed by atoms with Crippen LogP contribution in [0.5, 0.6) is 11.5 Å². The number of pyridine rings is 1. The van der Waals surface area contributed by atoms with E-state index in [0.29, 0.717) is 48.1 Å². The molecule has 10 heteroatoms. The molecule has 0 radical (unpaired) electrons. The summed E-state index contributed by atoms with van der Waals surface area (Å²) >= 11 is 0. The van der Waals surface area contributed by atoms with E-state index in [4.69, 9.17) is 15.2 Å². The highest BCUT2D eigenvalue weighted by atomic mass is 16.5. The predicted octanol–water partition coefficient (Wildman–Crippen LogP) is 3.72. The Hall–Kier alpha value is -4.93. The van der Waals surface area contributed by atoms with Crippen molar-refractivity contribution < 1.29 is 24.2 Å². The maximum Gasteiger partial charge on any atom is 0.251 e. The number of nitrogens with zero attached hydrogens (tertiary/aromatic N) is 1. The third-order valence-corrected chi connectivity index (χ3v) is 7.36. The Morgan fingerprint density at radius 1 is 0.844 bits per heavy atom. The molecular formula is C35H41N5O5. The first-order valence-electron chi connectivity index (χ1n) is 14.8. The van der Waals surface area contributed by atoms with Crippen LogP contribution >= 0.6 is 0 Å². The summed E-state index contributed by atoms with van der Waals surface area (Å²) in [6.07, 6.45) is 1.91. The van der Waals surface area contributed by atoms with E-state index in [0.717, 1.165) is 28.7 Å². The Balaban J connectivity index is 1.20. The molecule has 0 aliphatic heterocycles. The molecule has 4 aromatic rings. The van der Waals surface area contributed by atoms with E-state index in [2.05, 4.69) is 27.9 Å². The lowest BCUT2D eigenvalue weighted by Crippen LogP contribution is -2.32. The van der Waals surface area contributed by atoms with E-state index in [9.17, 15) is 14.7 Å². The van der Waals surface area contributed by atoms with E-state index < -0.39 is 6.10 Å². The number of nitrogens with one attached hydrogen (secondary N) is 3. The number of carbonyl (C=O) groups is 2. The zero-order valence-electron chi connectivity index (χ0n) is 25.9. The minimum atomic E-state index is -0.681. The second kappa shape index (κ2) is 16.2. The van der Waals surface area contributed by atoms with Gasteiger partial charge in [-0.2, -0.15) is 0 Å². The molecular weight excluding hydrogens is 570 g/mol. The Kier molecular flexibility index (Phi) is 11.9. The number of methoxy groups -OCH3 is 2. The van der Waals surface area contributed by atoms with Crippen LogP contribution in [0.1, 0.15) is 51.2 Å². The van der Waals surface area contributed by atoms with Crippen LogP contribution in [-0.4, -0.2) is 48.7 Å². The summed E-state index contributed by atoms with van der Waals surface area (Å²) in [6, 6.07) is 24.2. The number of rotatable bonds is 15. The van der Waals surface area contributed by atoms with Crippen molar-refractivity contribution in [2.75, 3.05) is 26.5 Å². The molecule has 1 aromatic heterocycles. The number of aliphatic hydroxyl groups is 1. The van der Waals surface area contributed by atoms with Gasteiger partial charge >= 0.3 is 0 Å². The molecule has 2 atom stereocenters. The molecule has 0 spiro atoms. The summed E-state index contributed by atoms with van der Waals surface area (Å²) in [5.41, 5.74) is 10.7. The van der Waals surface area contributed by atoms with Crippen molar-refractivity contribution in [3.8, 4) is 11.5 Å².